The Kier molecular flexibility index (Phi) is 16.7. The van der Waals surface area contributed by atoms with Gasteiger partial charge in [-0.1, -0.05) is 44.2 Å². The van der Waals surface area contributed by atoms with E-state index in [0.29, 0.717) is 48.0 Å². The molecule has 0 saturated carbocycles. The van der Waals surface area contributed by atoms with E-state index >= 15 is 0 Å². The molecule has 0 aromatic heterocycles. The summed E-state index contributed by atoms with van der Waals surface area (Å²) >= 11 is 0. The van der Waals surface area contributed by atoms with Crippen LogP contribution in [-0.4, -0.2) is 91.7 Å². The van der Waals surface area contributed by atoms with E-state index in [2.05, 4.69) is 17.2 Å². The van der Waals surface area contributed by atoms with E-state index in [1.807, 2.05) is 13.8 Å². The van der Waals surface area contributed by atoms with Crippen LogP contribution in [-0.2, 0) is 35.5 Å². The number of rotatable bonds is 6. The molecule has 1 aliphatic rings. The van der Waals surface area contributed by atoms with Gasteiger partial charge in [0.05, 0.1) is 29.8 Å². The summed E-state index contributed by atoms with van der Waals surface area (Å²) in [5.41, 5.74) is 7.01. The molecule has 15 heteroatoms. The molecule has 264 valence electrons. The van der Waals surface area contributed by atoms with Gasteiger partial charge in [0.2, 0.25) is 0 Å². The molecule has 1 aromatic carbocycles. The van der Waals surface area contributed by atoms with Crippen LogP contribution >= 0.6 is 0 Å². The Balaban J connectivity index is 0.00000204. The monoisotopic (exact) mass is 683 g/mol. The molecule has 14 nitrogen and oxygen atoms in total. The Labute approximate surface area is 276 Å². The predicted octanol–water partition coefficient (Wildman–Crippen LogP) is 3.66. The Morgan fingerprint density at radius 3 is 2.36 bits per heavy atom. The Morgan fingerprint density at radius 1 is 1.21 bits per heavy atom. The van der Waals surface area contributed by atoms with E-state index in [1.54, 1.807) is 38.2 Å². The molecule has 0 spiro atoms. The van der Waals surface area contributed by atoms with E-state index in [-0.39, 0.29) is 23.1 Å². The van der Waals surface area contributed by atoms with Crippen molar-refractivity contribution in [3.8, 4) is 11.5 Å². The average Bonchev–Trinajstić information content (AvgIpc) is 2.97. The molecule has 6 atom stereocenters. The van der Waals surface area contributed by atoms with Crippen molar-refractivity contribution in [1.82, 2.24) is 0 Å². The lowest BCUT2D eigenvalue weighted by atomic mass is 9.87. The molecule has 47 heavy (non-hydrogen) atoms. The maximum absolute atomic E-state index is 13.0. The standard InChI is InChI=1S/C31H45N3O8.CH4O3S/c1-8-12-33-26-21-13-17(2)14-25(41-7)27(36)19(4)15-20(5)29(42-31(32)39)24(40-6)11-9-10-18(3)30(38)34-22(28(21)37)16-23(26)35;1-5(2,3)4/h8-11,15-17,19,24-25,27,29,33,35-37H,1,12-14H2,2-7H3,(H2,32,39)(H,34,38);1H3,(H,2,3,4)/b11-9-,18-10+,20-15+;/t17-,19+,24+,25+,27-,29+;/m1./s1. The van der Waals surface area contributed by atoms with Crippen LogP contribution in [0, 0.1) is 11.8 Å². The van der Waals surface area contributed by atoms with Crippen LogP contribution < -0.4 is 16.4 Å². The van der Waals surface area contributed by atoms with Gasteiger partial charge in [0, 0.05) is 43.9 Å². The number of fused-ring (bicyclic) bond motifs is 2. The number of hydrogen-bond acceptors (Lipinski definition) is 11. The molecule has 1 aliphatic heterocycles. The second kappa shape index (κ2) is 19.1. The normalized spacial score (nSPS) is 27.4. The van der Waals surface area contributed by atoms with Gasteiger partial charge >= 0.3 is 6.09 Å². The number of carbonyl (C=O) groups is 2. The molecule has 2 rings (SSSR count). The largest absolute Gasteiger partial charge is 0.506 e. The molecule has 1 heterocycles. The zero-order valence-corrected chi connectivity index (χ0v) is 28.7. The van der Waals surface area contributed by atoms with Gasteiger partial charge in [-0.15, -0.1) is 6.58 Å². The number of benzene rings is 1. The zero-order chi connectivity index (χ0) is 36.1. The van der Waals surface area contributed by atoms with Gasteiger partial charge < -0.3 is 45.9 Å². The van der Waals surface area contributed by atoms with Crippen LogP contribution in [0.3, 0.4) is 0 Å². The van der Waals surface area contributed by atoms with E-state index in [4.69, 9.17) is 24.5 Å². The molecule has 2 bridgehead atoms. The number of primary amides is 1. The van der Waals surface area contributed by atoms with Gasteiger partial charge in [-0.25, -0.2) is 4.79 Å². The molecular formula is C32H49N3O11S. The number of nitrogens with one attached hydrogen (secondary N) is 2. The lowest BCUT2D eigenvalue weighted by Gasteiger charge is -2.29. The summed E-state index contributed by atoms with van der Waals surface area (Å²) in [6, 6.07) is 1.28. The molecule has 0 unspecified atom stereocenters. The molecule has 1 aromatic rings. The second-order valence-electron chi connectivity index (χ2n) is 11.4. The van der Waals surface area contributed by atoms with E-state index < -0.39 is 52.5 Å². The number of allylic oxidation sites excluding steroid dienone is 2. The number of aliphatic hydroxyl groups excluding tert-OH is 1. The number of methoxy groups -OCH3 is 2. The number of phenolic OH excluding ortho intramolecular Hbond substituents is 2. The van der Waals surface area contributed by atoms with Gasteiger partial charge in [-0.05, 0) is 38.2 Å². The first-order valence-electron chi connectivity index (χ1n) is 14.7. The third-order valence-electron chi connectivity index (χ3n) is 7.25. The van der Waals surface area contributed by atoms with Crippen LogP contribution in [0.15, 0.2) is 54.2 Å². The number of nitrogens with two attached hydrogens (primary N) is 1. The summed E-state index contributed by atoms with van der Waals surface area (Å²) in [5.74, 6) is -1.41. The van der Waals surface area contributed by atoms with Gasteiger partial charge in [-0.3, -0.25) is 9.35 Å². The number of ether oxygens (including phenoxy) is 3. The minimum Gasteiger partial charge on any atom is -0.506 e. The SMILES string of the molecule is C=CCNc1c(O)cc2c(O)c1C[C@@H](C)C[C@H](OC)[C@H](O)[C@@H](C)/C=C(\C)[C@H](OC(N)=O)[C@@H](OC)/C=C\C=C(/C)C(=O)N2.CS(=O)(=O)O. The highest BCUT2D eigenvalue weighted by molar-refractivity contribution is 7.85. The number of aliphatic hydroxyl groups is 1. The first-order chi connectivity index (χ1) is 21.8. The highest BCUT2D eigenvalue weighted by Gasteiger charge is 2.30. The number of anilines is 2. The maximum Gasteiger partial charge on any atom is 0.405 e. The number of phenols is 2. The van der Waals surface area contributed by atoms with Crippen LogP contribution in [0.25, 0.3) is 0 Å². The smallest absolute Gasteiger partial charge is 0.405 e. The predicted molar refractivity (Wildman–Crippen MR) is 180 cm³/mol. The quantitative estimate of drug-likeness (QED) is 0.0987. The lowest BCUT2D eigenvalue weighted by Crippen LogP contribution is -2.37. The van der Waals surface area contributed by atoms with Crippen LogP contribution in [0.2, 0.25) is 0 Å². The third-order valence-corrected chi connectivity index (χ3v) is 7.25. The first-order valence-corrected chi connectivity index (χ1v) is 16.6. The van der Waals surface area contributed by atoms with Crippen molar-refractivity contribution in [3.05, 3.63) is 59.7 Å². The maximum atomic E-state index is 13.0. The van der Waals surface area contributed by atoms with Crippen molar-refractivity contribution in [2.24, 2.45) is 17.6 Å². The van der Waals surface area contributed by atoms with Crippen LogP contribution in [0.5, 0.6) is 11.5 Å². The summed E-state index contributed by atoms with van der Waals surface area (Å²) in [6.07, 6.45) is 5.36. The van der Waals surface area contributed by atoms with Gasteiger partial charge in [0.15, 0.2) is 6.10 Å². The van der Waals surface area contributed by atoms with Crippen molar-refractivity contribution in [2.75, 3.05) is 37.7 Å². The fourth-order valence-electron chi connectivity index (χ4n) is 4.98. The van der Waals surface area contributed by atoms with Crippen molar-refractivity contribution >= 4 is 33.5 Å². The summed E-state index contributed by atoms with van der Waals surface area (Å²) in [6.45, 7) is 11.1. The van der Waals surface area contributed by atoms with Crippen molar-refractivity contribution in [3.63, 3.8) is 0 Å². The van der Waals surface area contributed by atoms with Crippen molar-refractivity contribution < 1.29 is 52.1 Å². The summed E-state index contributed by atoms with van der Waals surface area (Å²) in [7, 11) is -0.713. The van der Waals surface area contributed by atoms with Gasteiger partial charge in [0.1, 0.15) is 17.6 Å². The lowest BCUT2D eigenvalue weighted by molar-refractivity contribution is -0.112. The van der Waals surface area contributed by atoms with E-state index in [0.717, 1.165) is 0 Å². The zero-order valence-electron chi connectivity index (χ0n) is 27.9. The van der Waals surface area contributed by atoms with Crippen molar-refractivity contribution in [2.45, 2.75) is 65.0 Å². The first kappa shape index (κ1) is 41.1. The molecule has 2 amide bonds. The average molecular weight is 684 g/mol. The van der Waals surface area contributed by atoms with Gasteiger partial charge in [0.25, 0.3) is 16.0 Å². The minimum absolute atomic E-state index is 0.0416. The molecular weight excluding hydrogens is 634 g/mol. The number of amides is 2. The minimum atomic E-state index is -3.67. The third kappa shape index (κ3) is 13.8. The second-order valence-corrected chi connectivity index (χ2v) is 12.8. The molecule has 0 fully saturated rings. The summed E-state index contributed by atoms with van der Waals surface area (Å²) < 4.78 is 42.5. The van der Waals surface area contributed by atoms with Crippen LogP contribution in [0.1, 0.15) is 39.7 Å². The molecule has 8 N–H and O–H groups in total. The molecule has 0 saturated heterocycles. The fourth-order valence-corrected chi connectivity index (χ4v) is 4.98. The Bertz CT molecular complexity index is 1430. The topological polar surface area (TPSA) is 227 Å². The van der Waals surface area contributed by atoms with Gasteiger partial charge in [-0.2, -0.15) is 8.42 Å². The van der Waals surface area contributed by atoms with Crippen LogP contribution in [0.4, 0.5) is 16.2 Å². The van der Waals surface area contributed by atoms with E-state index in [9.17, 15) is 33.3 Å². The number of carbonyl (C=O) groups excluding carboxylic acids is 2. The highest BCUT2D eigenvalue weighted by Crippen LogP contribution is 2.42. The van der Waals surface area contributed by atoms with Crippen molar-refractivity contribution in [1.29, 1.82) is 0 Å². The molecule has 0 aliphatic carbocycles. The molecule has 0 radical (unpaired) electrons. The highest BCUT2D eigenvalue weighted by atomic mass is 32.2. The summed E-state index contributed by atoms with van der Waals surface area (Å²) in [4.78, 5) is 24.7. The Hall–Kier alpha value is -3.89. The number of aromatic hydroxyl groups is 2. The van der Waals surface area contributed by atoms with E-state index in [1.165, 1.54) is 26.4 Å². The number of hydrogen-bond donors (Lipinski definition) is 7. The summed E-state index contributed by atoms with van der Waals surface area (Å²) in [5, 5.41) is 39.1. The fraction of sp³-hybridized carbons (Fsp3) is 0.500. The Morgan fingerprint density at radius 2 is 1.83 bits per heavy atom.